The van der Waals surface area contributed by atoms with Gasteiger partial charge < -0.3 is 0 Å². The van der Waals surface area contributed by atoms with Gasteiger partial charge in [0.2, 0.25) is 5.78 Å². The van der Waals surface area contributed by atoms with Crippen LogP contribution in [0, 0.1) is 0 Å². The highest BCUT2D eigenvalue weighted by Crippen LogP contribution is 2.23. The Morgan fingerprint density at radius 1 is 1.44 bits per heavy atom. The van der Waals surface area contributed by atoms with Gasteiger partial charge in [-0.15, -0.1) is 0 Å². The third-order valence-corrected chi connectivity index (χ3v) is 3.05. The molecule has 1 aromatic carbocycles. The second-order valence-electron chi connectivity index (χ2n) is 3.29. The summed E-state index contributed by atoms with van der Waals surface area (Å²) in [5.74, 6) is -0.133. The summed E-state index contributed by atoms with van der Waals surface area (Å²) < 4.78 is 2.35. The SMILES string of the molecule is Cn1nccc1C(=O)c1cc(Br)ccc1Cl. The molecule has 5 heteroatoms. The van der Waals surface area contributed by atoms with E-state index < -0.39 is 0 Å². The van der Waals surface area contributed by atoms with Gasteiger partial charge in [-0.25, -0.2) is 0 Å². The van der Waals surface area contributed by atoms with Crippen LogP contribution in [0.1, 0.15) is 16.1 Å². The van der Waals surface area contributed by atoms with Gasteiger partial charge in [-0.05, 0) is 24.3 Å². The number of ketones is 1. The number of hydrogen-bond donors (Lipinski definition) is 0. The maximum Gasteiger partial charge on any atom is 0.212 e. The molecule has 0 saturated heterocycles. The monoisotopic (exact) mass is 298 g/mol. The predicted molar refractivity (Wildman–Crippen MR) is 65.8 cm³/mol. The second kappa shape index (κ2) is 4.39. The zero-order valence-corrected chi connectivity index (χ0v) is 10.8. The number of halogens is 2. The summed E-state index contributed by atoms with van der Waals surface area (Å²) in [6.07, 6.45) is 1.58. The first-order valence-electron chi connectivity index (χ1n) is 4.57. The number of benzene rings is 1. The zero-order chi connectivity index (χ0) is 11.7. The Hall–Kier alpha value is -1.13. The number of aromatic nitrogens is 2. The lowest BCUT2D eigenvalue weighted by Gasteiger charge is -2.04. The molecule has 0 unspecified atom stereocenters. The minimum absolute atomic E-state index is 0.133. The van der Waals surface area contributed by atoms with Crippen LogP contribution in [0.3, 0.4) is 0 Å². The summed E-state index contributed by atoms with van der Waals surface area (Å²) in [7, 11) is 1.72. The molecule has 0 atom stereocenters. The van der Waals surface area contributed by atoms with Crippen molar-refractivity contribution in [1.82, 2.24) is 9.78 Å². The molecule has 3 nitrogen and oxygen atoms in total. The van der Waals surface area contributed by atoms with Crippen molar-refractivity contribution in [1.29, 1.82) is 0 Å². The molecule has 0 bridgehead atoms. The van der Waals surface area contributed by atoms with Gasteiger partial charge in [-0.3, -0.25) is 9.48 Å². The van der Waals surface area contributed by atoms with E-state index in [1.165, 1.54) is 4.68 Å². The van der Waals surface area contributed by atoms with E-state index in [4.69, 9.17) is 11.6 Å². The zero-order valence-electron chi connectivity index (χ0n) is 8.45. The molecule has 0 aliphatic rings. The van der Waals surface area contributed by atoms with Gasteiger partial charge in [-0.1, -0.05) is 27.5 Å². The average Bonchev–Trinajstić information content (AvgIpc) is 2.67. The van der Waals surface area contributed by atoms with Crippen LogP contribution < -0.4 is 0 Å². The first-order valence-corrected chi connectivity index (χ1v) is 5.74. The maximum atomic E-state index is 12.1. The van der Waals surface area contributed by atoms with E-state index in [2.05, 4.69) is 21.0 Å². The van der Waals surface area contributed by atoms with Crippen molar-refractivity contribution < 1.29 is 4.79 Å². The van der Waals surface area contributed by atoms with Crippen LogP contribution in [0.2, 0.25) is 5.02 Å². The summed E-state index contributed by atoms with van der Waals surface area (Å²) in [4.78, 5) is 12.1. The Kier molecular flexibility index (Phi) is 3.12. The van der Waals surface area contributed by atoms with Crippen LogP contribution in [0.4, 0.5) is 0 Å². The van der Waals surface area contributed by atoms with Crippen LogP contribution in [0.15, 0.2) is 34.9 Å². The highest BCUT2D eigenvalue weighted by Gasteiger charge is 2.16. The van der Waals surface area contributed by atoms with Crippen LogP contribution in [0.25, 0.3) is 0 Å². The number of hydrogen-bond acceptors (Lipinski definition) is 2. The Bertz CT molecular complexity index is 551. The Morgan fingerprint density at radius 3 is 2.81 bits per heavy atom. The highest BCUT2D eigenvalue weighted by atomic mass is 79.9. The summed E-state index contributed by atoms with van der Waals surface area (Å²) >= 11 is 9.30. The molecule has 16 heavy (non-hydrogen) atoms. The third kappa shape index (κ3) is 2.03. The summed E-state index contributed by atoms with van der Waals surface area (Å²) in [5, 5.41) is 4.40. The Labute approximate surface area is 106 Å². The van der Waals surface area contributed by atoms with Gasteiger partial charge in [0, 0.05) is 23.3 Å². The standard InChI is InChI=1S/C11H8BrClN2O/c1-15-10(4-5-14-15)11(16)8-6-7(12)2-3-9(8)13/h2-6H,1H3. The van der Waals surface area contributed by atoms with Gasteiger partial charge in [-0.2, -0.15) is 5.10 Å². The fourth-order valence-electron chi connectivity index (χ4n) is 1.41. The molecule has 1 aromatic heterocycles. The van der Waals surface area contributed by atoms with Crippen LogP contribution in [0.5, 0.6) is 0 Å². The minimum Gasteiger partial charge on any atom is -0.287 e. The van der Waals surface area contributed by atoms with E-state index in [0.29, 0.717) is 16.3 Å². The fraction of sp³-hybridized carbons (Fsp3) is 0.0909. The number of carbonyl (C=O) groups excluding carboxylic acids is 1. The quantitative estimate of drug-likeness (QED) is 0.799. The van der Waals surface area contributed by atoms with Crippen LogP contribution in [-0.2, 0) is 7.05 Å². The summed E-state index contributed by atoms with van der Waals surface area (Å²) in [6, 6.07) is 6.86. The number of rotatable bonds is 2. The van der Waals surface area contributed by atoms with Crippen molar-refractivity contribution in [2.75, 3.05) is 0 Å². The van der Waals surface area contributed by atoms with Crippen molar-refractivity contribution in [3.8, 4) is 0 Å². The molecule has 0 aliphatic heterocycles. The maximum absolute atomic E-state index is 12.1. The Morgan fingerprint density at radius 2 is 2.19 bits per heavy atom. The van der Waals surface area contributed by atoms with E-state index >= 15 is 0 Å². The predicted octanol–water partition coefficient (Wildman–Crippen LogP) is 3.07. The molecule has 0 aliphatic carbocycles. The van der Waals surface area contributed by atoms with E-state index in [0.717, 1.165) is 4.47 Å². The number of nitrogens with zero attached hydrogens (tertiary/aromatic N) is 2. The molecule has 0 amide bonds. The van der Waals surface area contributed by atoms with Gasteiger partial charge in [0.25, 0.3) is 0 Å². The molecule has 1 heterocycles. The van der Waals surface area contributed by atoms with Crippen molar-refractivity contribution >= 4 is 33.3 Å². The number of aryl methyl sites for hydroxylation is 1. The molecule has 0 fully saturated rings. The largest absolute Gasteiger partial charge is 0.287 e. The van der Waals surface area contributed by atoms with E-state index in [1.54, 1.807) is 37.5 Å². The molecule has 2 aromatic rings. The van der Waals surface area contributed by atoms with E-state index in [1.807, 2.05) is 0 Å². The third-order valence-electron chi connectivity index (χ3n) is 2.23. The Balaban J connectivity index is 2.49. The van der Waals surface area contributed by atoms with E-state index in [-0.39, 0.29) is 5.78 Å². The lowest BCUT2D eigenvalue weighted by molar-refractivity contribution is 0.103. The van der Waals surface area contributed by atoms with Gasteiger partial charge in [0.05, 0.1) is 5.02 Å². The molecule has 82 valence electrons. The molecule has 0 saturated carbocycles. The second-order valence-corrected chi connectivity index (χ2v) is 4.62. The van der Waals surface area contributed by atoms with Gasteiger partial charge in [0.1, 0.15) is 5.69 Å². The summed E-state index contributed by atoms with van der Waals surface area (Å²) in [6.45, 7) is 0. The topological polar surface area (TPSA) is 34.9 Å². The van der Waals surface area contributed by atoms with Crippen molar-refractivity contribution in [2.24, 2.45) is 7.05 Å². The van der Waals surface area contributed by atoms with Crippen molar-refractivity contribution in [3.63, 3.8) is 0 Å². The molecule has 2 rings (SSSR count). The van der Waals surface area contributed by atoms with Crippen LogP contribution >= 0.6 is 27.5 Å². The van der Waals surface area contributed by atoms with Crippen molar-refractivity contribution in [3.05, 3.63) is 51.2 Å². The lowest BCUT2D eigenvalue weighted by atomic mass is 10.1. The molecule has 0 spiro atoms. The fourth-order valence-corrected chi connectivity index (χ4v) is 1.97. The average molecular weight is 300 g/mol. The first kappa shape index (κ1) is 11.4. The van der Waals surface area contributed by atoms with Gasteiger partial charge >= 0.3 is 0 Å². The molecule has 0 N–H and O–H groups in total. The minimum atomic E-state index is -0.133. The molecule has 0 radical (unpaired) electrons. The molecular weight excluding hydrogens is 291 g/mol. The number of carbonyl (C=O) groups is 1. The molecular formula is C11H8BrClN2O. The van der Waals surface area contributed by atoms with Crippen LogP contribution in [-0.4, -0.2) is 15.6 Å². The first-order chi connectivity index (χ1) is 7.59. The normalized spacial score (nSPS) is 10.4. The highest BCUT2D eigenvalue weighted by molar-refractivity contribution is 9.10. The smallest absolute Gasteiger partial charge is 0.212 e. The lowest BCUT2D eigenvalue weighted by Crippen LogP contribution is -2.08. The van der Waals surface area contributed by atoms with Gasteiger partial charge in [0.15, 0.2) is 0 Å². The summed E-state index contributed by atoms with van der Waals surface area (Å²) in [5.41, 5.74) is 0.986. The van der Waals surface area contributed by atoms with Crippen molar-refractivity contribution in [2.45, 2.75) is 0 Å². The van der Waals surface area contributed by atoms with E-state index in [9.17, 15) is 4.79 Å².